The third-order valence-electron chi connectivity index (χ3n) is 3.63. The van der Waals surface area contributed by atoms with Gasteiger partial charge in [-0.1, -0.05) is 18.2 Å². The molecule has 0 aliphatic rings. The molecule has 1 N–H and O–H groups in total. The summed E-state index contributed by atoms with van der Waals surface area (Å²) in [5, 5.41) is 8.78. The number of nitrogens with one attached hydrogen (secondary N) is 1. The molecule has 0 unspecified atom stereocenters. The predicted molar refractivity (Wildman–Crippen MR) is 90.7 cm³/mol. The Kier molecular flexibility index (Phi) is 5.33. The summed E-state index contributed by atoms with van der Waals surface area (Å²) in [6, 6.07) is 8.96. The van der Waals surface area contributed by atoms with Crippen LogP contribution in [0.3, 0.4) is 0 Å². The summed E-state index contributed by atoms with van der Waals surface area (Å²) in [4.78, 5) is 27.3. The summed E-state index contributed by atoms with van der Waals surface area (Å²) >= 11 is 0. The maximum Gasteiger partial charge on any atom is 0.355 e. The Morgan fingerprint density at radius 3 is 2.50 bits per heavy atom. The molecule has 1 aromatic heterocycles. The van der Waals surface area contributed by atoms with Crippen molar-refractivity contribution in [1.29, 1.82) is 5.26 Å². The Labute approximate surface area is 140 Å². The van der Waals surface area contributed by atoms with Crippen LogP contribution in [0.1, 0.15) is 50.2 Å². The van der Waals surface area contributed by atoms with Gasteiger partial charge in [0.25, 0.3) is 0 Å². The number of aromatic nitrogens is 1. The zero-order chi connectivity index (χ0) is 17.7. The minimum absolute atomic E-state index is 0.193. The van der Waals surface area contributed by atoms with E-state index in [1.165, 1.54) is 6.08 Å². The number of carbonyl (C=O) groups excluding carboxylic acids is 2. The van der Waals surface area contributed by atoms with Crippen LogP contribution in [0.25, 0.3) is 6.08 Å². The van der Waals surface area contributed by atoms with Crippen molar-refractivity contribution < 1.29 is 14.3 Å². The molecule has 0 radical (unpaired) electrons. The van der Waals surface area contributed by atoms with Gasteiger partial charge in [0.1, 0.15) is 5.69 Å². The fraction of sp³-hybridized carbons (Fsp3) is 0.211. The Balaban J connectivity index is 2.25. The molecule has 24 heavy (non-hydrogen) atoms. The van der Waals surface area contributed by atoms with E-state index in [-0.39, 0.29) is 12.4 Å². The number of aryl methyl sites for hydroxylation is 1. The number of allylic oxidation sites excluding steroid dienone is 1. The van der Waals surface area contributed by atoms with E-state index < -0.39 is 5.97 Å². The lowest BCUT2D eigenvalue weighted by Crippen LogP contribution is -2.07. The second-order valence-corrected chi connectivity index (χ2v) is 5.28. The summed E-state index contributed by atoms with van der Waals surface area (Å²) in [7, 11) is 0. The van der Waals surface area contributed by atoms with Crippen molar-refractivity contribution >= 4 is 17.8 Å². The number of hydrogen-bond donors (Lipinski definition) is 1. The molecule has 0 amide bonds. The van der Waals surface area contributed by atoms with Gasteiger partial charge < -0.3 is 9.72 Å². The Morgan fingerprint density at radius 2 is 1.92 bits per heavy atom. The standard InChI is InChI=1S/C19H18N2O3/c1-4-24-19(23)18-12(2)17(13(3)21-18)16(22)10-9-14-5-7-15(11-20)8-6-14/h5-10,21H,4H2,1-3H3/b10-9+. The molecule has 0 saturated carbocycles. The van der Waals surface area contributed by atoms with Gasteiger partial charge >= 0.3 is 5.97 Å². The van der Waals surface area contributed by atoms with E-state index in [0.29, 0.717) is 28.1 Å². The average Bonchev–Trinajstić information content (AvgIpc) is 2.88. The minimum Gasteiger partial charge on any atom is -0.461 e. The number of esters is 1. The number of nitriles is 1. The largest absolute Gasteiger partial charge is 0.461 e. The summed E-state index contributed by atoms with van der Waals surface area (Å²) in [5.74, 6) is -0.658. The Morgan fingerprint density at radius 1 is 1.25 bits per heavy atom. The Hall–Kier alpha value is -3.13. The molecule has 0 aliphatic carbocycles. The maximum absolute atomic E-state index is 12.5. The highest BCUT2D eigenvalue weighted by Crippen LogP contribution is 2.20. The zero-order valence-corrected chi connectivity index (χ0v) is 13.8. The van der Waals surface area contributed by atoms with Crippen molar-refractivity contribution in [3.63, 3.8) is 0 Å². The third-order valence-corrected chi connectivity index (χ3v) is 3.63. The van der Waals surface area contributed by atoms with Crippen LogP contribution in [0.2, 0.25) is 0 Å². The van der Waals surface area contributed by atoms with Gasteiger partial charge in [-0.3, -0.25) is 4.79 Å². The van der Waals surface area contributed by atoms with Gasteiger partial charge in [0.15, 0.2) is 5.78 Å². The molecule has 5 heteroatoms. The number of nitrogens with zero attached hydrogens (tertiary/aromatic N) is 1. The van der Waals surface area contributed by atoms with Crippen LogP contribution < -0.4 is 0 Å². The molecule has 0 saturated heterocycles. The molecule has 0 atom stereocenters. The van der Waals surface area contributed by atoms with Crippen molar-refractivity contribution in [2.75, 3.05) is 6.61 Å². The van der Waals surface area contributed by atoms with Gasteiger partial charge in [-0.15, -0.1) is 0 Å². The van der Waals surface area contributed by atoms with Gasteiger partial charge in [-0.25, -0.2) is 4.79 Å². The van der Waals surface area contributed by atoms with Crippen molar-refractivity contribution in [2.45, 2.75) is 20.8 Å². The predicted octanol–water partition coefficient (Wildman–Crippen LogP) is 3.58. The first-order valence-corrected chi connectivity index (χ1v) is 7.56. The van der Waals surface area contributed by atoms with Crippen molar-refractivity contribution in [2.24, 2.45) is 0 Å². The summed E-state index contributed by atoms with van der Waals surface area (Å²) in [5.41, 5.74) is 3.38. The number of carbonyl (C=O) groups is 2. The first-order chi connectivity index (χ1) is 11.5. The number of H-pyrrole nitrogens is 1. The maximum atomic E-state index is 12.5. The molecule has 0 aliphatic heterocycles. The number of benzene rings is 1. The second-order valence-electron chi connectivity index (χ2n) is 5.28. The molecule has 0 bridgehead atoms. The third kappa shape index (κ3) is 3.61. The van der Waals surface area contributed by atoms with Gasteiger partial charge in [0.2, 0.25) is 0 Å². The quantitative estimate of drug-likeness (QED) is 0.518. The molecule has 1 aromatic carbocycles. The van der Waals surface area contributed by atoms with Crippen LogP contribution in [0.15, 0.2) is 30.3 Å². The van der Waals surface area contributed by atoms with E-state index in [1.807, 2.05) is 6.07 Å². The first kappa shape index (κ1) is 17.2. The molecule has 2 rings (SSSR count). The summed E-state index contributed by atoms with van der Waals surface area (Å²) < 4.78 is 4.98. The lowest BCUT2D eigenvalue weighted by atomic mass is 10.0. The topological polar surface area (TPSA) is 83.0 Å². The number of aromatic amines is 1. The summed E-state index contributed by atoms with van der Waals surface area (Å²) in [6.45, 7) is 5.48. The Bertz CT molecular complexity index is 837. The molecule has 2 aromatic rings. The molecule has 0 spiro atoms. The van der Waals surface area contributed by atoms with E-state index in [0.717, 1.165) is 5.56 Å². The van der Waals surface area contributed by atoms with E-state index in [9.17, 15) is 9.59 Å². The molecular formula is C19H18N2O3. The van der Waals surface area contributed by atoms with Crippen LogP contribution in [-0.2, 0) is 4.74 Å². The summed E-state index contributed by atoms with van der Waals surface area (Å²) in [6.07, 6.45) is 3.14. The van der Waals surface area contributed by atoms with E-state index in [2.05, 4.69) is 4.98 Å². The highest BCUT2D eigenvalue weighted by molar-refractivity contribution is 6.10. The van der Waals surface area contributed by atoms with Crippen LogP contribution in [0.4, 0.5) is 0 Å². The van der Waals surface area contributed by atoms with Gasteiger partial charge in [-0.2, -0.15) is 5.26 Å². The normalized spacial score (nSPS) is 10.6. The molecule has 5 nitrogen and oxygen atoms in total. The van der Waals surface area contributed by atoms with E-state index >= 15 is 0 Å². The van der Waals surface area contributed by atoms with Crippen LogP contribution in [-0.4, -0.2) is 23.3 Å². The van der Waals surface area contributed by atoms with Crippen molar-refractivity contribution in [3.8, 4) is 6.07 Å². The van der Waals surface area contributed by atoms with Gasteiger partial charge in [0.05, 0.1) is 18.2 Å². The lowest BCUT2D eigenvalue weighted by molar-refractivity contribution is 0.0519. The van der Waals surface area contributed by atoms with Gasteiger partial charge in [0, 0.05) is 11.3 Å². The van der Waals surface area contributed by atoms with Crippen LogP contribution in [0.5, 0.6) is 0 Å². The lowest BCUT2D eigenvalue weighted by Gasteiger charge is -2.00. The van der Waals surface area contributed by atoms with Crippen molar-refractivity contribution in [1.82, 2.24) is 4.98 Å². The highest BCUT2D eigenvalue weighted by Gasteiger charge is 2.21. The smallest absolute Gasteiger partial charge is 0.355 e. The van der Waals surface area contributed by atoms with Crippen LogP contribution in [0, 0.1) is 25.2 Å². The number of ketones is 1. The first-order valence-electron chi connectivity index (χ1n) is 7.56. The number of hydrogen-bond acceptors (Lipinski definition) is 4. The number of rotatable bonds is 5. The molecule has 0 fully saturated rings. The van der Waals surface area contributed by atoms with E-state index in [1.54, 1.807) is 51.1 Å². The average molecular weight is 322 g/mol. The van der Waals surface area contributed by atoms with E-state index in [4.69, 9.17) is 10.00 Å². The van der Waals surface area contributed by atoms with Crippen molar-refractivity contribution in [3.05, 3.63) is 64.0 Å². The monoisotopic (exact) mass is 322 g/mol. The van der Waals surface area contributed by atoms with Gasteiger partial charge in [-0.05, 0) is 50.1 Å². The molecule has 1 heterocycles. The van der Waals surface area contributed by atoms with Crippen LogP contribution >= 0.6 is 0 Å². The SMILES string of the molecule is CCOC(=O)c1[nH]c(C)c(C(=O)/C=C/c2ccc(C#N)cc2)c1C. The molecular weight excluding hydrogens is 304 g/mol. The fourth-order valence-electron chi connectivity index (χ4n) is 2.45. The minimum atomic E-state index is -0.465. The highest BCUT2D eigenvalue weighted by atomic mass is 16.5. The second kappa shape index (κ2) is 7.42. The zero-order valence-electron chi connectivity index (χ0n) is 13.8. The number of ether oxygens (including phenoxy) is 1. The molecule has 122 valence electrons. The fourth-order valence-corrected chi connectivity index (χ4v) is 2.45.